The number of nitrogens with two attached hydrogens (primary N) is 2. The van der Waals surface area contributed by atoms with Gasteiger partial charge in [-0.2, -0.15) is 4.98 Å². The number of halogens is 2. The highest BCUT2D eigenvalue weighted by molar-refractivity contribution is 6.31. The van der Waals surface area contributed by atoms with E-state index >= 15 is 4.39 Å². The Hall–Kier alpha value is -3.53. The molecule has 8 nitrogen and oxygen atoms in total. The van der Waals surface area contributed by atoms with Crippen molar-refractivity contribution in [3.05, 3.63) is 81.1 Å². The molecule has 0 saturated heterocycles. The molecule has 0 aliphatic heterocycles. The summed E-state index contributed by atoms with van der Waals surface area (Å²) in [6, 6.07) is 13.4. The fourth-order valence-corrected chi connectivity index (χ4v) is 5.10. The first-order chi connectivity index (χ1) is 19.3. The second kappa shape index (κ2) is 13.7. The molecule has 6 N–H and O–H groups in total. The lowest BCUT2D eigenvalue weighted by atomic mass is 10.0. The third-order valence-corrected chi connectivity index (χ3v) is 7.17. The highest BCUT2D eigenvalue weighted by Crippen LogP contribution is 2.31. The van der Waals surface area contributed by atoms with Crippen molar-refractivity contribution < 1.29 is 4.39 Å². The number of aromatic amines is 1. The van der Waals surface area contributed by atoms with E-state index in [0.717, 1.165) is 49.8 Å². The van der Waals surface area contributed by atoms with Crippen molar-refractivity contribution >= 4 is 29.0 Å². The van der Waals surface area contributed by atoms with E-state index < -0.39 is 11.5 Å². The van der Waals surface area contributed by atoms with Gasteiger partial charge in [0.25, 0.3) is 0 Å². The summed E-state index contributed by atoms with van der Waals surface area (Å²) in [4.78, 5) is 24.3. The monoisotopic (exact) mass is 565 g/mol. The SMILES string of the molecule is CCCC(NCCN=CN)c1ccc(-n2cc3cc(-c4cc(CCCC(C)N)cc(Cl)c4F)[nH]c3nc2=O)cc1. The van der Waals surface area contributed by atoms with Gasteiger partial charge in [0, 0.05) is 35.8 Å². The molecule has 0 aliphatic rings. The van der Waals surface area contributed by atoms with Gasteiger partial charge in [0.1, 0.15) is 5.65 Å². The van der Waals surface area contributed by atoms with Gasteiger partial charge in [-0.15, -0.1) is 0 Å². The first-order valence-corrected chi connectivity index (χ1v) is 14.1. The van der Waals surface area contributed by atoms with Crippen molar-refractivity contribution in [1.29, 1.82) is 0 Å². The van der Waals surface area contributed by atoms with Crippen LogP contribution in [-0.4, -0.2) is 40.0 Å². The number of hydrogen-bond acceptors (Lipinski definition) is 5. The smallest absolute Gasteiger partial charge is 0.354 e. The minimum atomic E-state index is -0.514. The number of nitrogens with one attached hydrogen (secondary N) is 2. The Morgan fingerprint density at radius 3 is 2.70 bits per heavy atom. The van der Waals surface area contributed by atoms with Gasteiger partial charge in [0.2, 0.25) is 0 Å². The molecule has 0 radical (unpaired) electrons. The van der Waals surface area contributed by atoms with Gasteiger partial charge in [-0.25, -0.2) is 9.18 Å². The predicted molar refractivity (Wildman–Crippen MR) is 162 cm³/mol. The van der Waals surface area contributed by atoms with Crippen LogP contribution in [0.1, 0.15) is 56.7 Å². The van der Waals surface area contributed by atoms with Crippen LogP contribution in [0.25, 0.3) is 28.0 Å². The van der Waals surface area contributed by atoms with Crippen LogP contribution < -0.4 is 22.5 Å². The molecule has 2 heterocycles. The Labute approximate surface area is 238 Å². The van der Waals surface area contributed by atoms with Gasteiger partial charge in [0.05, 0.1) is 29.3 Å². The minimum Gasteiger partial charge on any atom is -0.390 e. The molecule has 4 rings (SSSR count). The van der Waals surface area contributed by atoms with Crippen LogP contribution in [-0.2, 0) is 6.42 Å². The first kappa shape index (κ1) is 29.5. The third kappa shape index (κ3) is 7.15. The average Bonchev–Trinajstić information content (AvgIpc) is 3.34. The number of aryl methyl sites for hydroxylation is 1. The summed E-state index contributed by atoms with van der Waals surface area (Å²) < 4.78 is 16.6. The molecule has 0 saturated carbocycles. The Morgan fingerprint density at radius 1 is 1.23 bits per heavy atom. The maximum atomic E-state index is 15.1. The zero-order valence-electron chi connectivity index (χ0n) is 23.0. The molecule has 0 bridgehead atoms. The van der Waals surface area contributed by atoms with Crippen LogP contribution in [0.15, 0.2) is 58.4 Å². The topological polar surface area (TPSA) is 127 Å². The van der Waals surface area contributed by atoms with E-state index in [2.05, 4.69) is 27.2 Å². The summed E-state index contributed by atoms with van der Waals surface area (Å²) in [5.41, 5.74) is 14.7. The fourth-order valence-electron chi connectivity index (χ4n) is 4.86. The van der Waals surface area contributed by atoms with E-state index in [9.17, 15) is 4.79 Å². The largest absolute Gasteiger partial charge is 0.390 e. The number of aromatic nitrogens is 3. The number of fused-ring (bicyclic) bond motifs is 1. The molecule has 0 spiro atoms. The number of hydrogen-bond donors (Lipinski definition) is 4. The number of H-pyrrole nitrogens is 1. The zero-order valence-corrected chi connectivity index (χ0v) is 23.7. The molecule has 2 aromatic carbocycles. The van der Waals surface area contributed by atoms with E-state index in [1.807, 2.05) is 31.2 Å². The van der Waals surface area contributed by atoms with Crippen LogP contribution in [0.4, 0.5) is 4.39 Å². The third-order valence-electron chi connectivity index (χ3n) is 6.90. The molecule has 0 aliphatic carbocycles. The summed E-state index contributed by atoms with van der Waals surface area (Å²) in [5, 5.41) is 4.25. The molecule has 10 heteroatoms. The van der Waals surface area contributed by atoms with Crippen LogP contribution in [0.2, 0.25) is 5.02 Å². The number of benzene rings is 2. The second-order valence-electron chi connectivity index (χ2n) is 10.1. The van der Waals surface area contributed by atoms with Crippen molar-refractivity contribution in [3.63, 3.8) is 0 Å². The highest BCUT2D eigenvalue weighted by atomic mass is 35.5. The molecule has 2 atom stereocenters. The van der Waals surface area contributed by atoms with Crippen molar-refractivity contribution in [2.75, 3.05) is 13.1 Å². The number of nitrogens with zero attached hydrogens (tertiary/aromatic N) is 3. The molecular formula is C30H37ClFN7O. The van der Waals surface area contributed by atoms with Crippen LogP contribution in [0.3, 0.4) is 0 Å². The molecule has 0 amide bonds. The second-order valence-corrected chi connectivity index (χ2v) is 10.5. The molecule has 40 heavy (non-hydrogen) atoms. The van der Waals surface area contributed by atoms with E-state index in [1.54, 1.807) is 24.4 Å². The molecule has 4 aromatic rings. The number of aliphatic imine (C=N–C) groups is 1. The van der Waals surface area contributed by atoms with Gasteiger partial charge < -0.3 is 21.8 Å². The van der Waals surface area contributed by atoms with Crippen LogP contribution in [0, 0.1) is 5.82 Å². The van der Waals surface area contributed by atoms with Gasteiger partial charge >= 0.3 is 5.69 Å². The minimum absolute atomic E-state index is 0.0579. The lowest BCUT2D eigenvalue weighted by Gasteiger charge is -2.18. The molecule has 2 unspecified atom stereocenters. The van der Waals surface area contributed by atoms with Gasteiger partial charge in [-0.1, -0.05) is 37.1 Å². The van der Waals surface area contributed by atoms with E-state index in [0.29, 0.717) is 34.5 Å². The lowest BCUT2D eigenvalue weighted by Crippen LogP contribution is -2.24. The molecular weight excluding hydrogens is 529 g/mol. The summed E-state index contributed by atoms with van der Waals surface area (Å²) in [5.74, 6) is -0.514. The summed E-state index contributed by atoms with van der Waals surface area (Å²) in [7, 11) is 0. The van der Waals surface area contributed by atoms with Crippen molar-refractivity contribution in [2.24, 2.45) is 16.5 Å². The van der Waals surface area contributed by atoms with E-state index in [1.165, 1.54) is 10.9 Å². The fraction of sp³-hybridized carbons (Fsp3) is 0.367. The van der Waals surface area contributed by atoms with Crippen LogP contribution in [0.5, 0.6) is 0 Å². The van der Waals surface area contributed by atoms with E-state index in [-0.39, 0.29) is 17.1 Å². The van der Waals surface area contributed by atoms with Crippen LogP contribution >= 0.6 is 11.6 Å². The normalized spacial score (nSPS) is 13.3. The average molecular weight is 566 g/mol. The summed E-state index contributed by atoms with van der Waals surface area (Å²) in [6.45, 7) is 5.44. The first-order valence-electron chi connectivity index (χ1n) is 13.7. The zero-order chi connectivity index (χ0) is 28.6. The van der Waals surface area contributed by atoms with Crippen molar-refractivity contribution in [3.8, 4) is 16.9 Å². The van der Waals surface area contributed by atoms with Gasteiger partial charge in [-0.3, -0.25) is 9.56 Å². The van der Waals surface area contributed by atoms with E-state index in [4.69, 9.17) is 23.1 Å². The summed E-state index contributed by atoms with van der Waals surface area (Å²) in [6.07, 6.45) is 7.52. The summed E-state index contributed by atoms with van der Waals surface area (Å²) >= 11 is 6.24. The molecule has 212 valence electrons. The maximum absolute atomic E-state index is 15.1. The predicted octanol–water partition coefficient (Wildman–Crippen LogP) is 5.26. The standard InChI is InChI=1S/C30H37ClFN7O/c1-3-5-26(36-13-12-35-18-33)21-8-10-23(11-9-21)39-17-22-16-27(37-29(22)38-30(39)40)24-14-20(7-4-6-19(2)34)15-25(31)28(24)32/h8-11,14-19,26,36H,3-7,12-13,34H2,1-2H3,(H2,33,35)(H,37,38,40). The highest BCUT2D eigenvalue weighted by Gasteiger charge is 2.16. The van der Waals surface area contributed by atoms with Crippen molar-refractivity contribution in [1.82, 2.24) is 19.9 Å². The molecule has 0 fully saturated rings. The van der Waals surface area contributed by atoms with Crippen molar-refractivity contribution in [2.45, 2.75) is 58.0 Å². The number of rotatable bonds is 13. The quantitative estimate of drug-likeness (QED) is 0.0998. The Balaban J connectivity index is 1.60. The Kier molecular flexibility index (Phi) is 10.1. The van der Waals surface area contributed by atoms with Gasteiger partial charge in [-0.05, 0) is 74.1 Å². The Morgan fingerprint density at radius 2 is 2.00 bits per heavy atom. The molecule has 2 aromatic heterocycles. The maximum Gasteiger partial charge on any atom is 0.354 e. The lowest BCUT2D eigenvalue weighted by molar-refractivity contribution is 0.501. The van der Waals surface area contributed by atoms with Gasteiger partial charge in [0.15, 0.2) is 5.82 Å². The Bertz CT molecular complexity index is 1510.